The molecule has 22 heavy (non-hydrogen) atoms. The predicted octanol–water partition coefficient (Wildman–Crippen LogP) is 3.89. The lowest BCUT2D eigenvalue weighted by atomic mass is 10.0. The first-order chi connectivity index (χ1) is 10.7. The zero-order chi connectivity index (χ0) is 15.5. The van der Waals surface area contributed by atoms with E-state index in [0.29, 0.717) is 9.23 Å². The molecule has 1 saturated heterocycles. The molecule has 3 rings (SSSR count). The van der Waals surface area contributed by atoms with Crippen molar-refractivity contribution in [1.29, 1.82) is 0 Å². The first kappa shape index (κ1) is 14.8. The molecular weight excluding hydrogens is 314 g/mol. The molecule has 0 aromatic heterocycles. The van der Waals surface area contributed by atoms with Gasteiger partial charge >= 0.3 is 0 Å². The SMILES string of the molecule is COc1ccc(C=CC=C2SC(=S)NC2=O)c2ccccc12. The van der Waals surface area contributed by atoms with Crippen molar-refractivity contribution in [1.82, 2.24) is 5.32 Å². The molecule has 2 aromatic carbocycles. The van der Waals surface area contributed by atoms with Gasteiger partial charge in [0.05, 0.1) is 12.0 Å². The number of fused-ring (bicyclic) bond motifs is 1. The highest BCUT2D eigenvalue weighted by atomic mass is 32.2. The number of carbonyl (C=O) groups excluding carboxylic acids is 1. The van der Waals surface area contributed by atoms with Crippen LogP contribution in [0.2, 0.25) is 0 Å². The number of hydrogen-bond acceptors (Lipinski definition) is 4. The molecule has 2 aromatic rings. The van der Waals surface area contributed by atoms with E-state index < -0.39 is 0 Å². The summed E-state index contributed by atoms with van der Waals surface area (Å²) in [6.07, 6.45) is 5.62. The van der Waals surface area contributed by atoms with Crippen LogP contribution in [0.4, 0.5) is 0 Å². The van der Waals surface area contributed by atoms with E-state index in [9.17, 15) is 4.79 Å². The monoisotopic (exact) mass is 327 g/mol. The normalized spacial score (nSPS) is 16.7. The van der Waals surface area contributed by atoms with Crippen molar-refractivity contribution in [3.8, 4) is 5.75 Å². The van der Waals surface area contributed by atoms with Crippen LogP contribution < -0.4 is 10.1 Å². The van der Waals surface area contributed by atoms with Crippen LogP contribution in [0.15, 0.2) is 53.5 Å². The van der Waals surface area contributed by atoms with Gasteiger partial charge in [0.15, 0.2) is 0 Å². The maximum absolute atomic E-state index is 11.6. The number of amides is 1. The number of allylic oxidation sites excluding steroid dienone is 2. The number of ether oxygens (including phenoxy) is 1. The maximum Gasteiger partial charge on any atom is 0.263 e. The summed E-state index contributed by atoms with van der Waals surface area (Å²) in [6.45, 7) is 0. The van der Waals surface area contributed by atoms with Crippen LogP contribution in [0.3, 0.4) is 0 Å². The van der Waals surface area contributed by atoms with Crippen LogP contribution >= 0.6 is 24.0 Å². The summed E-state index contributed by atoms with van der Waals surface area (Å²) in [5.41, 5.74) is 1.07. The average molecular weight is 327 g/mol. The molecule has 5 heteroatoms. The Morgan fingerprint density at radius 2 is 1.95 bits per heavy atom. The van der Waals surface area contributed by atoms with Crippen LogP contribution in [-0.2, 0) is 4.79 Å². The van der Waals surface area contributed by atoms with Crippen molar-refractivity contribution >= 4 is 51.1 Å². The quantitative estimate of drug-likeness (QED) is 0.685. The number of benzene rings is 2. The van der Waals surface area contributed by atoms with Gasteiger partial charge in [-0.3, -0.25) is 4.79 Å². The van der Waals surface area contributed by atoms with E-state index in [1.807, 2.05) is 42.5 Å². The standard InChI is InChI=1S/C17H13NO2S2/c1-20-14-10-9-11(12-6-2-3-7-13(12)14)5-4-8-15-16(19)18-17(21)22-15/h2-10H,1H3,(H,18,19,21). The van der Waals surface area contributed by atoms with Gasteiger partial charge < -0.3 is 10.1 Å². The highest BCUT2D eigenvalue weighted by Gasteiger charge is 2.20. The lowest BCUT2D eigenvalue weighted by molar-refractivity contribution is -0.115. The maximum atomic E-state index is 11.6. The fraction of sp³-hybridized carbons (Fsp3) is 0.0588. The molecule has 1 amide bonds. The summed E-state index contributed by atoms with van der Waals surface area (Å²) < 4.78 is 5.89. The number of methoxy groups -OCH3 is 1. The Balaban J connectivity index is 1.95. The van der Waals surface area contributed by atoms with Gasteiger partial charge in [-0.1, -0.05) is 66.5 Å². The minimum Gasteiger partial charge on any atom is -0.496 e. The molecule has 0 radical (unpaired) electrons. The Kier molecular flexibility index (Phi) is 4.27. The number of hydrogen-bond donors (Lipinski definition) is 1. The number of carbonyl (C=O) groups is 1. The predicted molar refractivity (Wildman–Crippen MR) is 95.9 cm³/mol. The second-order valence-corrected chi connectivity index (χ2v) is 6.36. The molecule has 1 heterocycles. The van der Waals surface area contributed by atoms with Crippen molar-refractivity contribution in [2.24, 2.45) is 0 Å². The van der Waals surface area contributed by atoms with E-state index in [0.717, 1.165) is 22.1 Å². The molecule has 1 N–H and O–H groups in total. The van der Waals surface area contributed by atoms with Crippen molar-refractivity contribution in [2.45, 2.75) is 0 Å². The van der Waals surface area contributed by atoms with E-state index >= 15 is 0 Å². The molecule has 0 unspecified atom stereocenters. The van der Waals surface area contributed by atoms with E-state index in [4.69, 9.17) is 17.0 Å². The molecule has 3 nitrogen and oxygen atoms in total. The van der Waals surface area contributed by atoms with Crippen molar-refractivity contribution < 1.29 is 9.53 Å². The average Bonchev–Trinajstić information content (AvgIpc) is 2.85. The highest BCUT2D eigenvalue weighted by molar-refractivity contribution is 8.26. The molecule has 0 aliphatic carbocycles. The zero-order valence-electron chi connectivity index (χ0n) is 11.8. The van der Waals surface area contributed by atoms with Gasteiger partial charge in [0.2, 0.25) is 0 Å². The number of rotatable bonds is 3. The summed E-state index contributed by atoms with van der Waals surface area (Å²) in [5, 5.41) is 4.77. The minimum absolute atomic E-state index is 0.140. The molecule has 1 aliphatic heterocycles. The first-order valence-corrected chi connectivity index (χ1v) is 7.89. The lowest BCUT2D eigenvalue weighted by Gasteiger charge is -2.07. The molecular formula is C17H13NO2S2. The number of nitrogens with one attached hydrogen (secondary N) is 1. The van der Waals surface area contributed by atoms with Crippen molar-refractivity contribution in [2.75, 3.05) is 7.11 Å². The van der Waals surface area contributed by atoms with E-state index in [-0.39, 0.29) is 5.91 Å². The zero-order valence-corrected chi connectivity index (χ0v) is 13.5. The first-order valence-electron chi connectivity index (χ1n) is 6.66. The second kappa shape index (κ2) is 6.34. The van der Waals surface area contributed by atoms with Gasteiger partial charge in [-0.05, 0) is 23.1 Å². The molecule has 0 atom stereocenters. The van der Waals surface area contributed by atoms with E-state index in [2.05, 4.69) is 11.4 Å². The van der Waals surface area contributed by atoms with Gasteiger partial charge in [-0.2, -0.15) is 0 Å². The molecule has 110 valence electrons. The second-order valence-electron chi connectivity index (χ2n) is 4.64. The van der Waals surface area contributed by atoms with E-state index in [1.54, 1.807) is 13.2 Å². The summed E-state index contributed by atoms with van der Waals surface area (Å²) in [4.78, 5) is 12.2. The molecule has 1 fully saturated rings. The largest absolute Gasteiger partial charge is 0.496 e. The van der Waals surface area contributed by atoms with Crippen LogP contribution in [0, 0.1) is 0 Å². The third-order valence-electron chi connectivity index (χ3n) is 3.30. The summed E-state index contributed by atoms with van der Waals surface area (Å²) in [6, 6.07) is 12.0. The molecule has 0 bridgehead atoms. The van der Waals surface area contributed by atoms with Gasteiger partial charge in [0.1, 0.15) is 10.1 Å². The Morgan fingerprint density at radius 1 is 1.18 bits per heavy atom. The van der Waals surface area contributed by atoms with Gasteiger partial charge in [-0.25, -0.2) is 0 Å². The lowest BCUT2D eigenvalue weighted by Crippen LogP contribution is -2.17. The number of thioether (sulfide) groups is 1. The number of thiocarbonyl (C=S) groups is 1. The third-order valence-corrected chi connectivity index (χ3v) is 4.48. The summed E-state index contributed by atoms with van der Waals surface area (Å²) in [5.74, 6) is 0.710. The Labute approximate surface area is 138 Å². The van der Waals surface area contributed by atoms with Gasteiger partial charge in [0, 0.05) is 5.39 Å². The summed E-state index contributed by atoms with van der Waals surface area (Å²) in [7, 11) is 1.67. The fourth-order valence-electron chi connectivity index (χ4n) is 2.29. The van der Waals surface area contributed by atoms with Crippen molar-refractivity contribution in [3.05, 3.63) is 59.0 Å². The Bertz CT molecular complexity index is 825. The minimum atomic E-state index is -0.140. The summed E-state index contributed by atoms with van der Waals surface area (Å²) >= 11 is 6.24. The van der Waals surface area contributed by atoms with E-state index in [1.165, 1.54) is 11.8 Å². The van der Waals surface area contributed by atoms with Gasteiger partial charge in [0.25, 0.3) is 5.91 Å². The molecule has 1 aliphatic rings. The van der Waals surface area contributed by atoms with Crippen LogP contribution in [-0.4, -0.2) is 17.3 Å². The highest BCUT2D eigenvalue weighted by Crippen LogP contribution is 2.29. The molecule has 0 saturated carbocycles. The fourth-order valence-corrected chi connectivity index (χ4v) is 3.29. The van der Waals surface area contributed by atoms with Crippen LogP contribution in [0.1, 0.15) is 5.56 Å². The van der Waals surface area contributed by atoms with Gasteiger partial charge in [-0.15, -0.1) is 0 Å². The molecule has 0 spiro atoms. The third kappa shape index (κ3) is 2.91. The Morgan fingerprint density at radius 3 is 2.64 bits per heavy atom. The van der Waals surface area contributed by atoms with Crippen LogP contribution in [0.5, 0.6) is 5.75 Å². The van der Waals surface area contributed by atoms with Crippen LogP contribution in [0.25, 0.3) is 16.8 Å². The topological polar surface area (TPSA) is 38.3 Å². The van der Waals surface area contributed by atoms with Crippen molar-refractivity contribution in [3.63, 3.8) is 0 Å². The Hall–Kier alpha value is -2.11. The smallest absolute Gasteiger partial charge is 0.263 e.